The van der Waals surface area contributed by atoms with Gasteiger partial charge in [0.2, 0.25) is 5.91 Å². The number of carbonyl (C=O) groups is 2. The van der Waals surface area contributed by atoms with E-state index >= 15 is 0 Å². The number of rotatable bonds is 3. The quantitative estimate of drug-likeness (QED) is 0.809. The molecule has 1 saturated heterocycles. The summed E-state index contributed by atoms with van der Waals surface area (Å²) < 4.78 is 0. The first-order chi connectivity index (χ1) is 8.63. The molecule has 1 unspecified atom stereocenters. The van der Waals surface area contributed by atoms with Gasteiger partial charge in [0.15, 0.2) is 5.78 Å². The third-order valence-electron chi connectivity index (χ3n) is 3.16. The molecule has 2 rings (SSSR count). The van der Waals surface area contributed by atoms with Gasteiger partial charge >= 0.3 is 0 Å². The number of nitrogens with one attached hydrogen (secondary N) is 1. The highest BCUT2D eigenvalue weighted by Crippen LogP contribution is 2.19. The van der Waals surface area contributed by atoms with Crippen LogP contribution in [0.3, 0.4) is 0 Å². The fourth-order valence-electron chi connectivity index (χ4n) is 2.19. The number of piperazine rings is 1. The molecule has 2 heterocycles. The number of amides is 1. The van der Waals surface area contributed by atoms with Gasteiger partial charge in [-0.3, -0.25) is 9.59 Å². The second-order valence-corrected chi connectivity index (χ2v) is 4.37. The third kappa shape index (κ3) is 2.34. The van der Waals surface area contributed by atoms with Crippen LogP contribution >= 0.6 is 0 Å². The van der Waals surface area contributed by atoms with Crippen LogP contribution in [0.5, 0.6) is 0 Å². The van der Waals surface area contributed by atoms with Crippen LogP contribution in [0.25, 0.3) is 0 Å². The summed E-state index contributed by atoms with van der Waals surface area (Å²) in [4.78, 5) is 29.4. The van der Waals surface area contributed by atoms with Crippen LogP contribution in [0.15, 0.2) is 18.3 Å². The summed E-state index contributed by atoms with van der Waals surface area (Å²) >= 11 is 0. The highest BCUT2D eigenvalue weighted by Gasteiger charge is 2.29. The molecule has 1 aromatic rings. The molecule has 1 aliphatic rings. The summed E-state index contributed by atoms with van der Waals surface area (Å²) in [6, 6.07) is 3.24. The Morgan fingerprint density at radius 1 is 1.61 bits per heavy atom. The van der Waals surface area contributed by atoms with E-state index in [0.717, 1.165) is 13.0 Å². The molecule has 5 heteroatoms. The fourth-order valence-corrected chi connectivity index (χ4v) is 2.19. The van der Waals surface area contributed by atoms with Crippen molar-refractivity contribution in [1.82, 2.24) is 10.3 Å². The van der Waals surface area contributed by atoms with Gasteiger partial charge in [0.25, 0.3) is 0 Å². The van der Waals surface area contributed by atoms with Gasteiger partial charge in [-0.05, 0) is 25.5 Å². The zero-order valence-corrected chi connectivity index (χ0v) is 10.6. The molecule has 1 fully saturated rings. The number of pyridine rings is 1. The van der Waals surface area contributed by atoms with Crippen LogP contribution in [0.1, 0.15) is 30.6 Å². The summed E-state index contributed by atoms with van der Waals surface area (Å²) in [7, 11) is 0. The predicted molar refractivity (Wildman–Crippen MR) is 68.7 cm³/mol. The van der Waals surface area contributed by atoms with Crippen molar-refractivity contribution in [3.63, 3.8) is 0 Å². The van der Waals surface area contributed by atoms with Gasteiger partial charge < -0.3 is 10.2 Å². The van der Waals surface area contributed by atoms with E-state index in [1.165, 1.54) is 6.92 Å². The number of carbonyl (C=O) groups excluding carboxylic acids is 2. The van der Waals surface area contributed by atoms with E-state index in [1.807, 2.05) is 11.8 Å². The van der Waals surface area contributed by atoms with Crippen LogP contribution in [-0.2, 0) is 4.79 Å². The Kier molecular flexibility index (Phi) is 3.60. The van der Waals surface area contributed by atoms with Crippen LogP contribution in [0.2, 0.25) is 0 Å². The Hall–Kier alpha value is -1.91. The number of Topliss-reactive ketones (excluding diaryl/α,β-unsaturated/α-hetero) is 1. The summed E-state index contributed by atoms with van der Waals surface area (Å²) in [6.45, 7) is 4.83. The topological polar surface area (TPSA) is 62.3 Å². The van der Waals surface area contributed by atoms with Gasteiger partial charge in [0.05, 0.1) is 0 Å². The molecule has 0 aromatic carbocycles. The summed E-state index contributed by atoms with van der Waals surface area (Å²) in [5.74, 6) is 0.733. The highest BCUT2D eigenvalue weighted by molar-refractivity contribution is 5.95. The third-order valence-corrected chi connectivity index (χ3v) is 3.16. The molecule has 0 spiro atoms. The fraction of sp³-hybridized carbons (Fsp3) is 0.462. The van der Waals surface area contributed by atoms with Crippen LogP contribution in [0, 0.1) is 0 Å². The standard InChI is InChI=1S/C13H17N3O2/c1-3-11-13(18)15-6-7-16(11)12-8-10(9(2)17)4-5-14-12/h4-5,8,11H,3,6-7H2,1-2H3,(H,15,18). The molecule has 1 amide bonds. The Labute approximate surface area is 106 Å². The average Bonchev–Trinajstić information content (AvgIpc) is 2.38. The van der Waals surface area contributed by atoms with Crippen molar-refractivity contribution in [2.75, 3.05) is 18.0 Å². The lowest BCUT2D eigenvalue weighted by molar-refractivity contribution is -0.123. The molecular formula is C13H17N3O2. The largest absolute Gasteiger partial charge is 0.353 e. The zero-order valence-electron chi connectivity index (χ0n) is 10.6. The SMILES string of the molecule is CCC1C(=O)NCCN1c1cc(C(C)=O)ccn1. The average molecular weight is 247 g/mol. The normalized spacial score (nSPS) is 19.6. The van der Waals surface area contributed by atoms with E-state index < -0.39 is 0 Å². The molecule has 0 aliphatic carbocycles. The van der Waals surface area contributed by atoms with Crippen molar-refractivity contribution in [3.05, 3.63) is 23.9 Å². The Morgan fingerprint density at radius 2 is 2.39 bits per heavy atom. The second-order valence-electron chi connectivity index (χ2n) is 4.37. The smallest absolute Gasteiger partial charge is 0.242 e. The van der Waals surface area contributed by atoms with Crippen LogP contribution in [0.4, 0.5) is 5.82 Å². The minimum atomic E-state index is -0.201. The van der Waals surface area contributed by atoms with Gasteiger partial charge in [0, 0.05) is 24.8 Å². The monoisotopic (exact) mass is 247 g/mol. The van der Waals surface area contributed by atoms with Crippen molar-refractivity contribution >= 4 is 17.5 Å². The minimum absolute atomic E-state index is 0.00756. The van der Waals surface area contributed by atoms with Crippen molar-refractivity contribution in [1.29, 1.82) is 0 Å². The molecule has 1 aromatic heterocycles. The van der Waals surface area contributed by atoms with E-state index in [-0.39, 0.29) is 17.7 Å². The van der Waals surface area contributed by atoms with Crippen molar-refractivity contribution in [2.45, 2.75) is 26.3 Å². The number of anilines is 1. The highest BCUT2D eigenvalue weighted by atomic mass is 16.2. The number of ketones is 1. The number of hydrogen-bond acceptors (Lipinski definition) is 4. The molecule has 1 N–H and O–H groups in total. The van der Waals surface area contributed by atoms with E-state index in [4.69, 9.17) is 0 Å². The lowest BCUT2D eigenvalue weighted by Crippen LogP contribution is -2.55. The first-order valence-electron chi connectivity index (χ1n) is 6.15. The van der Waals surface area contributed by atoms with Gasteiger partial charge in [-0.1, -0.05) is 6.92 Å². The van der Waals surface area contributed by atoms with Crippen molar-refractivity contribution in [2.24, 2.45) is 0 Å². The minimum Gasteiger partial charge on any atom is -0.353 e. The first kappa shape index (κ1) is 12.5. The predicted octanol–water partition coefficient (Wildman–Crippen LogP) is 0.999. The van der Waals surface area contributed by atoms with Gasteiger partial charge in [-0.25, -0.2) is 4.98 Å². The summed E-state index contributed by atoms with van der Waals surface area (Å²) in [6.07, 6.45) is 2.34. The molecule has 0 bridgehead atoms. The Morgan fingerprint density at radius 3 is 3.06 bits per heavy atom. The molecule has 0 radical (unpaired) electrons. The molecule has 18 heavy (non-hydrogen) atoms. The lowest BCUT2D eigenvalue weighted by atomic mass is 10.1. The Balaban J connectivity index is 2.31. The lowest BCUT2D eigenvalue weighted by Gasteiger charge is -2.35. The first-order valence-corrected chi connectivity index (χ1v) is 6.15. The van der Waals surface area contributed by atoms with Crippen LogP contribution < -0.4 is 10.2 Å². The van der Waals surface area contributed by atoms with Crippen molar-refractivity contribution in [3.8, 4) is 0 Å². The zero-order chi connectivity index (χ0) is 13.1. The maximum absolute atomic E-state index is 11.8. The van der Waals surface area contributed by atoms with E-state index in [0.29, 0.717) is 17.9 Å². The van der Waals surface area contributed by atoms with E-state index in [2.05, 4.69) is 10.3 Å². The van der Waals surface area contributed by atoms with Gasteiger partial charge in [-0.2, -0.15) is 0 Å². The van der Waals surface area contributed by atoms with Gasteiger partial charge in [-0.15, -0.1) is 0 Å². The Bertz CT molecular complexity index is 473. The van der Waals surface area contributed by atoms with Crippen LogP contribution in [-0.4, -0.2) is 35.8 Å². The summed E-state index contributed by atoms with van der Waals surface area (Å²) in [5.41, 5.74) is 0.626. The molecular weight excluding hydrogens is 230 g/mol. The van der Waals surface area contributed by atoms with E-state index in [9.17, 15) is 9.59 Å². The maximum atomic E-state index is 11.8. The number of nitrogens with zero attached hydrogens (tertiary/aromatic N) is 2. The number of aromatic nitrogens is 1. The molecule has 0 saturated carbocycles. The summed E-state index contributed by atoms with van der Waals surface area (Å²) in [5, 5.41) is 2.84. The second kappa shape index (κ2) is 5.16. The number of hydrogen-bond donors (Lipinski definition) is 1. The van der Waals surface area contributed by atoms with E-state index in [1.54, 1.807) is 18.3 Å². The molecule has 5 nitrogen and oxygen atoms in total. The molecule has 1 atom stereocenters. The van der Waals surface area contributed by atoms with Crippen molar-refractivity contribution < 1.29 is 9.59 Å². The molecule has 96 valence electrons. The van der Waals surface area contributed by atoms with Gasteiger partial charge in [0.1, 0.15) is 11.9 Å². The molecule has 1 aliphatic heterocycles. The maximum Gasteiger partial charge on any atom is 0.242 e.